The lowest BCUT2D eigenvalue weighted by molar-refractivity contribution is -0.288. The van der Waals surface area contributed by atoms with Gasteiger partial charge in [-0.3, -0.25) is 4.79 Å². The molecule has 21 heavy (non-hydrogen) atoms. The molecule has 1 heterocycles. The summed E-state index contributed by atoms with van der Waals surface area (Å²) < 4.78 is 11.5. The smallest absolute Gasteiger partial charge is 0.163 e. The van der Waals surface area contributed by atoms with E-state index >= 15 is 0 Å². The zero-order valence-electron chi connectivity index (χ0n) is 13.5. The second-order valence-electron chi connectivity index (χ2n) is 6.77. The summed E-state index contributed by atoms with van der Waals surface area (Å²) in [5.41, 5.74) is 0.727. The van der Waals surface area contributed by atoms with Crippen LogP contribution in [0.25, 0.3) is 0 Å². The molecular weight excluding hydrogens is 264 g/mol. The summed E-state index contributed by atoms with van der Waals surface area (Å²) in [6, 6.07) is 10.1. The van der Waals surface area contributed by atoms with Crippen LogP contribution in [0.4, 0.5) is 0 Å². The molecule has 1 aliphatic rings. The van der Waals surface area contributed by atoms with Crippen LogP contribution >= 0.6 is 0 Å². The van der Waals surface area contributed by atoms with Crippen LogP contribution < -0.4 is 0 Å². The molecule has 0 N–H and O–H groups in total. The highest BCUT2D eigenvalue weighted by Gasteiger charge is 2.42. The maximum absolute atomic E-state index is 12.6. The van der Waals surface area contributed by atoms with Gasteiger partial charge in [0, 0.05) is 11.8 Å². The van der Waals surface area contributed by atoms with Gasteiger partial charge in [0.15, 0.2) is 5.79 Å². The predicted octanol–water partition coefficient (Wildman–Crippen LogP) is 3.76. The monoisotopic (exact) mass is 290 g/mol. The Bertz CT molecular complexity index is 476. The molecule has 1 saturated heterocycles. The molecule has 0 unspecified atom stereocenters. The van der Waals surface area contributed by atoms with Gasteiger partial charge < -0.3 is 9.47 Å². The van der Waals surface area contributed by atoms with Crippen molar-refractivity contribution in [2.75, 3.05) is 6.61 Å². The van der Waals surface area contributed by atoms with Crippen molar-refractivity contribution in [3.63, 3.8) is 0 Å². The number of carbonyl (C=O) groups is 1. The minimum absolute atomic E-state index is 0.0791. The molecule has 1 atom stereocenters. The summed E-state index contributed by atoms with van der Waals surface area (Å²) >= 11 is 0. The van der Waals surface area contributed by atoms with E-state index in [2.05, 4.69) is 12.1 Å². The fraction of sp³-hybridized carbons (Fsp3) is 0.611. The summed E-state index contributed by atoms with van der Waals surface area (Å²) in [5.74, 6) is -0.339. The van der Waals surface area contributed by atoms with Crippen molar-refractivity contribution < 1.29 is 14.3 Å². The number of rotatable bonds is 5. The summed E-state index contributed by atoms with van der Waals surface area (Å²) in [7, 11) is 0. The lowest BCUT2D eigenvalue weighted by Gasteiger charge is -2.42. The number of carbonyl (C=O) groups excluding carboxylic acids is 1. The van der Waals surface area contributed by atoms with Crippen LogP contribution in [0, 0.1) is 5.41 Å². The summed E-state index contributed by atoms with van der Waals surface area (Å²) in [6.45, 7) is 8.44. The van der Waals surface area contributed by atoms with Crippen molar-refractivity contribution in [3.8, 4) is 0 Å². The van der Waals surface area contributed by atoms with Gasteiger partial charge in [-0.25, -0.2) is 0 Å². The Labute approximate surface area is 127 Å². The second-order valence-corrected chi connectivity index (χ2v) is 6.77. The average molecular weight is 290 g/mol. The molecule has 2 rings (SSSR count). The third-order valence-corrected chi connectivity index (χ3v) is 4.26. The highest BCUT2D eigenvalue weighted by Crippen LogP contribution is 2.35. The molecule has 0 bridgehead atoms. The molecule has 1 aromatic carbocycles. The van der Waals surface area contributed by atoms with Crippen LogP contribution in [0.1, 0.15) is 46.1 Å². The first-order valence-electron chi connectivity index (χ1n) is 7.70. The van der Waals surface area contributed by atoms with E-state index < -0.39 is 11.2 Å². The van der Waals surface area contributed by atoms with Gasteiger partial charge in [0.2, 0.25) is 0 Å². The first-order chi connectivity index (χ1) is 9.81. The quantitative estimate of drug-likeness (QED) is 0.828. The van der Waals surface area contributed by atoms with E-state index in [1.54, 1.807) is 0 Å². The van der Waals surface area contributed by atoms with Crippen molar-refractivity contribution in [2.24, 2.45) is 5.41 Å². The van der Waals surface area contributed by atoms with Crippen molar-refractivity contribution >= 4 is 5.78 Å². The van der Waals surface area contributed by atoms with Gasteiger partial charge in [-0.1, -0.05) is 44.2 Å². The largest absolute Gasteiger partial charge is 0.350 e. The summed E-state index contributed by atoms with van der Waals surface area (Å²) in [6.07, 6.45) is 2.03. The Kier molecular flexibility index (Phi) is 4.84. The molecule has 0 radical (unpaired) electrons. The molecular formula is C18H26O3. The van der Waals surface area contributed by atoms with E-state index in [9.17, 15) is 4.79 Å². The lowest BCUT2D eigenvalue weighted by atomic mass is 9.78. The summed E-state index contributed by atoms with van der Waals surface area (Å²) in [5, 5.41) is 0. The van der Waals surface area contributed by atoms with Crippen molar-refractivity contribution in [3.05, 3.63) is 35.9 Å². The number of aryl methyl sites for hydroxylation is 1. The van der Waals surface area contributed by atoms with Gasteiger partial charge in [-0.2, -0.15) is 0 Å². The van der Waals surface area contributed by atoms with E-state index in [0.29, 0.717) is 13.0 Å². The van der Waals surface area contributed by atoms with Gasteiger partial charge in [0.1, 0.15) is 5.78 Å². The van der Waals surface area contributed by atoms with Crippen LogP contribution in [0.5, 0.6) is 0 Å². The highest BCUT2D eigenvalue weighted by molar-refractivity contribution is 5.84. The molecule has 1 aliphatic heterocycles. The second kappa shape index (κ2) is 6.29. The average Bonchev–Trinajstić information content (AvgIpc) is 2.44. The van der Waals surface area contributed by atoms with Crippen LogP contribution in [0.3, 0.4) is 0 Å². The molecule has 116 valence electrons. The number of Topliss-reactive ketones (excluding diaryl/α,β-unsaturated/α-hetero) is 1. The van der Waals surface area contributed by atoms with E-state index in [1.807, 2.05) is 45.9 Å². The highest BCUT2D eigenvalue weighted by atomic mass is 16.7. The molecule has 1 aromatic rings. The van der Waals surface area contributed by atoms with Crippen LogP contribution in [0.2, 0.25) is 0 Å². The predicted molar refractivity (Wildman–Crippen MR) is 83.1 cm³/mol. The first-order valence-corrected chi connectivity index (χ1v) is 7.70. The first kappa shape index (κ1) is 16.2. The molecule has 1 fully saturated rings. The zero-order chi connectivity index (χ0) is 15.5. The van der Waals surface area contributed by atoms with E-state index in [0.717, 1.165) is 12.8 Å². The Hall–Kier alpha value is -1.19. The van der Waals surface area contributed by atoms with Gasteiger partial charge in [-0.05, 0) is 32.3 Å². The van der Waals surface area contributed by atoms with Crippen LogP contribution in [-0.2, 0) is 20.7 Å². The number of benzene rings is 1. The van der Waals surface area contributed by atoms with Crippen molar-refractivity contribution in [1.29, 1.82) is 0 Å². The molecule has 0 amide bonds. The number of hydrogen-bond acceptors (Lipinski definition) is 3. The Morgan fingerprint density at radius 1 is 1.29 bits per heavy atom. The van der Waals surface area contributed by atoms with Crippen LogP contribution in [-0.4, -0.2) is 24.3 Å². The van der Waals surface area contributed by atoms with Gasteiger partial charge in [0.25, 0.3) is 0 Å². The molecule has 3 heteroatoms. The number of hydrogen-bond donors (Lipinski definition) is 0. The number of ether oxygens (including phenoxy) is 2. The van der Waals surface area contributed by atoms with Crippen molar-refractivity contribution in [1.82, 2.24) is 0 Å². The third kappa shape index (κ3) is 4.14. The van der Waals surface area contributed by atoms with E-state index in [4.69, 9.17) is 9.47 Å². The maximum Gasteiger partial charge on any atom is 0.163 e. The Morgan fingerprint density at radius 2 is 1.95 bits per heavy atom. The van der Waals surface area contributed by atoms with E-state index in [1.165, 1.54) is 5.56 Å². The van der Waals surface area contributed by atoms with Gasteiger partial charge >= 0.3 is 0 Å². The topological polar surface area (TPSA) is 35.5 Å². The molecule has 0 spiro atoms. The standard InChI is InChI=1S/C18H26O3/c1-17(2,16-12-13-20-18(3,4)21-16)15(19)11-10-14-8-6-5-7-9-14/h5-9,16H,10-13H2,1-4H3/t16-/m0/s1. The SMILES string of the molecule is CC1(C)OCC[C@@H](C(C)(C)C(=O)CCc2ccccc2)O1. The minimum Gasteiger partial charge on any atom is -0.350 e. The maximum atomic E-state index is 12.6. The minimum atomic E-state index is -0.597. The van der Waals surface area contributed by atoms with Crippen LogP contribution in [0.15, 0.2) is 30.3 Å². The Balaban J connectivity index is 1.96. The third-order valence-electron chi connectivity index (χ3n) is 4.26. The molecule has 0 aliphatic carbocycles. The lowest BCUT2D eigenvalue weighted by Crippen LogP contribution is -2.49. The fourth-order valence-electron chi connectivity index (χ4n) is 2.76. The van der Waals surface area contributed by atoms with E-state index in [-0.39, 0.29) is 11.9 Å². The molecule has 3 nitrogen and oxygen atoms in total. The molecule has 0 aromatic heterocycles. The van der Waals surface area contributed by atoms with Gasteiger partial charge in [-0.15, -0.1) is 0 Å². The number of ketones is 1. The van der Waals surface area contributed by atoms with Crippen molar-refractivity contribution in [2.45, 2.75) is 58.8 Å². The zero-order valence-corrected chi connectivity index (χ0v) is 13.5. The molecule has 0 saturated carbocycles. The normalized spacial score (nSPS) is 22.0. The fourth-order valence-corrected chi connectivity index (χ4v) is 2.76. The van der Waals surface area contributed by atoms with Gasteiger partial charge in [0.05, 0.1) is 12.7 Å². The summed E-state index contributed by atoms with van der Waals surface area (Å²) in [4.78, 5) is 12.6. The Morgan fingerprint density at radius 3 is 2.57 bits per heavy atom.